The summed E-state index contributed by atoms with van der Waals surface area (Å²) in [5, 5.41) is 11.9. The highest BCUT2D eigenvalue weighted by Gasteiger charge is 2.10. The quantitative estimate of drug-likeness (QED) is 0.312. The average molecular weight is 416 g/mol. The first kappa shape index (κ1) is 23.5. The molecule has 0 aromatic heterocycles. The monoisotopic (exact) mass is 415 g/mol. The lowest BCUT2D eigenvalue weighted by Gasteiger charge is -2.17. The summed E-state index contributed by atoms with van der Waals surface area (Å²) in [6.07, 6.45) is 1.54. The van der Waals surface area contributed by atoms with Gasteiger partial charge in [-0.05, 0) is 86.7 Å². The molecule has 0 fully saturated rings. The number of benzene rings is 3. The molecule has 31 heavy (non-hydrogen) atoms. The van der Waals surface area contributed by atoms with Gasteiger partial charge in [0.05, 0.1) is 0 Å². The molecule has 0 spiro atoms. The molecule has 0 saturated carbocycles. The minimum absolute atomic E-state index is 0.102. The maximum Gasteiger partial charge on any atom is 0.410 e. The Hall–Kier alpha value is -3.78. The molecule has 0 heterocycles. The van der Waals surface area contributed by atoms with Crippen LogP contribution in [0.4, 0.5) is 5.69 Å². The van der Waals surface area contributed by atoms with Crippen molar-refractivity contribution in [2.24, 2.45) is 4.99 Å². The Balaban J connectivity index is 0.000000233. The Morgan fingerprint density at radius 1 is 0.710 bits per heavy atom. The molecule has 1 N–H and O–H groups in total. The molecule has 0 aliphatic heterocycles. The van der Waals surface area contributed by atoms with Crippen molar-refractivity contribution in [1.82, 2.24) is 0 Å². The zero-order valence-corrected chi connectivity index (χ0v) is 19.0. The van der Waals surface area contributed by atoms with Gasteiger partial charge in [-0.3, -0.25) is 0 Å². The van der Waals surface area contributed by atoms with Crippen LogP contribution in [0, 0.1) is 46.1 Å². The molecule has 3 aromatic rings. The van der Waals surface area contributed by atoms with Gasteiger partial charge in [0.15, 0.2) is 0 Å². The summed E-state index contributed by atoms with van der Waals surface area (Å²) in [7, 11) is 1.99. The Labute approximate surface area is 185 Å². The van der Waals surface area contributed by atoms with Gasteiger partial charge in [-0.2, -0.15) is 5.26 Å². The molecule has 0 amide bonds. The lowest BCUT2D eigenvalue weighted by molar-refractivity contribution is 0.386. The summed E-state index contributed by atoms with van der Waals surface area (Å²) in [6, 6.07) is 18.0. The molecule has 0 bridgehead atoms. The summed E-state index contributed by atoms with van der Waals surface area (Å²) in [4.78, 5) is 3.49. The number of hydrogen-bond donors (Lipinski definition) is 1. The van der Waals surface area contributed by atoms with E-state index < -0.39 is 0 Å². The van der Waals surface area contributed by atoms with Gasteiger partial charge in [0.25, 0.3) is 0 Å². The van der Waals surface area contributed by atoms with E-state index in [1.807, 2.05) is 43.4 Å². The van der Waals surface area contributed by atoms with E-state index in [2.05, 4.69) is 44.9 Å². The number of para-hydroxylation sites is 2. The van der Waals surface area contributed by atoms with Crippen LogP contribution in [0.1, 0.15) is 27.8 Å². The first-order valence-electron chi connectivity index (χ1n) is 10.1. The van der Waals surface area contributed by atoms with Gasteiger partial charge in [0.2, 0.25) is 6.19 Å². The fraction of sp³-hybridized carbons (Fsp3) is 0.231. The lowest BCUT2D eigenvalue weighted by Crippen LogP contribution is -2.16. The van der Waals surface area contributed by atoms with Crippen molar-refractivity contribution >= 4 is 11.8 Å². The van der Waals surface area contributed by atoms with Crippen molar-refractivity contribution in [3.8, 4) is 17.7 Å². The highest BCUT2D eigenvalue weighted by atomic mass is 16.7. The van der Waals surface area contributed by atoms with Crippen LogP contribution < -0.4 is 14.8 Å². The van der Waals surface area contributed by atoms with Crippen LogP contribution in [0.3, 0.4) is 0 Å². The summed E-state index contributed by atoms with van der Waals surface area (Å²) in [5.41, 5.74) is 8.29. The van der Waals surface area contributed by atoms with Crippen LogP contribution in [0.2, 0.25) is 0 Å². The maximum absolute atomic E-state index is 8.60. The van der Waals surface area contributed by atoms with E-state index in [1.54, 1.807) is 30.5 Å². The van der Waals surface area contributed by atoms with E-state index in [-0.39, 0.29) is 6.08 Å². The molecule has 3 rings (SSSR count). The Morgan fingerprint density at radius 3 is 1.45 bits per heavy atom. The van der Waals surface area contributed by atoms with Crippen molar-refractivity contribution in [3.05, 3.63) is 88.5 Å². The van der Waals surface area contributed by atoms with Gasteiger partial charge >= 0.3 is 6.08 Å². The summed E-state index contributed by atoms with van der Waals surface area (Å²) >= 11 is 0. The number of nitrogens with one attached hydrogen (secondary N) is 1. The minimum Gasteiger partial charge on any atom is -0.410 e. The Kier molecular flexibility index (Phi) is 8.65. The second-order valence-electron chi connectivity index (χ2n) is 7.06. The number of aliphatic imine (C=N–C) groups is 1. The first-order chi connectivity index (χ1) is 14.9. The first-order valence-corrected chi connectivity index (χ1v) is 10.1. The van der Waals surface area contributed by atoms with Crippen molar-refractivity contribution in [3.63, 3.8) is 0 Å². The molecule has 5 heteroatoms. The van der Waals surface area contributed by atoms with Crippen molar-refractivity contribution in [2.75, 3.05) is 12.4 Å². The van der Waals surface area contributed by atoms with Gasteiger partial charge < -0.3 is 14.8 Å². The number of nitrogens with zero attached hydrogens (tertiary/aromatic N) is 2. The van der Waals surface area contributed by atoms with Crippen LogP contribution in [0.15, 0.2) is 65.7 Å². The standard InChI is InChI=1S/C14H10N2O2.C12H19N/c15-11-16-14(17-12-7-3-1-4-8-12)18-13-9-5-2-6-10-13;1-7-8(2)10(4)12(13-6)11(5)9(7)3/h1-10H;13H,1-6H3. The van der Waals surface area contributed by atoms with Crippen LogP contribution in [0.5, 0.6) is 11.5 Å². The Bertz CT molecular complexity index is 997. The van der Waals surface area contributed by atoms with Crippen LogP contribution in [-0.2, 0) is 0 Å². The van der Waals surface area contributed by atoms with Gasteiger partial charge in [-0.15, -0.1) is 0 Å². The number of hydrogen-bond acceptors (Lipinski definition) is 5. The van der Waals surface area contributed by atoms with E-state index in [9.17, 15) is 0 Å². The number of anilines is 1. The molecule has 5 nitrogen and oxygen atoms in total. The fourth-order valence-corrected chi connectivity index (χ4v) is 3.16. The third-order valence-corrected chi connectivity index (χ3v) is 5.29. The molecular weight excluding hydrogens is 386 g/mol. The molecule has 3 aromatic carbocycles. The van der Waals surface area contributed by atoms with Crippen LogP contribution in [0.25, 0.3) is 0 Å². The van der Waals surface area contributed by atoms with E-state index >= 15 is 0 Å². The average Bonchev–Trinajstić information content (AvgIpc) is 2.79. The normalized spacial score (nSPS) is 9.58. The molecule has 160 valence electrons. The van der Waals surface area contributed by atoms with E-state index in [0.717, 1.165) is 0 Å². The fourth-order valence-electron chi connectivity index (χ4n) is 3.16. The topological polar surface area (TPSA) is 66.6 Å². The SMILES string of the molecule is CNc1c(C)c(C)c(C)c(C)c1C.N#CN=C(Oc1ccccc1)Oc1ccccc1. The molecule has 0 aliphatic rings. The molecule has 0 aliphatic carbocycles. The van der Waals surface area contributed by atoms with E-state index in [1.165, 1.54) is 33.5 Å². The third kappa shape index (κ3) is 6.35. The lowest BCUT2D eigenvalue weighted by atomic mass is 9.93. The van der Waals surface area contributed by atoms with E-state index in [4.69, 9.17) is 14.7 Å². The molecule has 0 unspecified atom stereocenters. The summed E-state index contributed by atoms with van der Waals surface area (Å²) in [6.45, 7) is 10.9. The van der Waals surface area contributed by atoms with E-state index in [0.29, 0.717) is 11.5 Å². The largest absolute Gasteiger partial charge is 0.410 e. The predicted octanol–water partition coefficient (Wildman–Crippen LogP) is 6.25. The van der Waals surface area contributed by atoms with Crippen LogP contribution in [-0.4, -0.2) is 13.1 Å². The molecular formula is C26H29N3O2. The highest BCUT2D eigenvalue weighted by molar-refractivity contribution is 5.73. The van der Waals surface area contributed by atoms with Gasteiger partial charge in [-0.25, -0.2) is 0 Å². The maximum atomic E-state index is 8.60. The number of nitriles is 1. The van der Waals surface area contributed by atoms with Crippen molar-refractivity contribution in [1.29, 1.82) is 5.26 Å². The van der Waals surface area contributed by atoms with Crippen molar-refractivity contribution in [2.45, 2.75) is 34.6 Å². The smallest absolute Gasteiger partial charge is 0.410 e. The van der Waals surface area contributed by atoms with Crippen molar-refractivity contribution < 1.29 is 9.47 Å². The zero-order chi connectivity index (χ0) is 22.8. The zero-order valence-electron chi connectivity index (χ0n) is 19.0. The number of rotatable bonds is 3. The minimum atomic E-state index is -0.102. The van der Waals surface area contributed by atoms with Gasteiger partial charge in [0.1, 0.15) is 11.5 Å². The molecule has 0 radical (unpaired) electrons. The summed E-state index contributed by atoms with van der Waals surface area (Å²) < 4.78 is 10.7. The summed E-state index contributed by atoms with van der Waals surface area (Å²) in [5.74, 6) is 1.12. The molecule has 0 atom stereocenters. The van der Waals surface area contributed by atoms with Gasteiger partial charge in [0, 0.05) is 12.7 Å². The third-order valence-electron chi connectivity index (χ3n) is 5.29. The predicted molar refractivity (Wildman–Crippen MR) is 127 cm³/mol. The second kappa shape index (κ2) is 11.4. The van der Waals surface area contributed by atoms with Gasteiger partial charge in [-0.1, -0.05) is 41.4 Å². The number of ether oxygens (including phenoxy) is 2. The highest BCUT2D eigenvalue weighted by Crippen LogP contribution is 2.29. The van der Waals surface area contributed by atoms with Crippen LogP contribution >= 0.6 is 0 Å². The Morgan fingerprint density at radius 2 is 1.10 bits per heavy atom. The second-order valence-corrected chi connectivity index (χ2v) is 7.06. The molecule has 0 saturated heterocycles.